The number of rotatable bonds is 0. The molecule has 0 aliphatic carbocycles. The minimum Gasteiger partial charge on any atom is -0.0616 e. The minimum absolute atomic E-state index is 0. The number of benzene rings is 3. The summed E-state index contributed by atoms with van der Waals surface area (Å²) in [7, 11) is 0. The predicted molar refractivity (Wildman–Crippen MR) is 67.2 cm³/mol. The molecular formula is C14H10Rb. The number of hydrogen-bond acceptors (Lipinski definition) is 0. The Balaban J connectivity index is 0.000000853. The number of hydrogen-bond donors (Lipinski definition) is 0. The van der Waals surface area contributed by atoms with Crippen LogP contribution in [0.4, 0.5) is 0 Å². The van der Waals surface area contributed by atoms with E-state index in [1.54, 1.807) is 0 Å². The van der Waals surface area contributed by atoms with Crippen LogP contribution in [-0.2, 0) is 0 Å². The molecule has 15 heavy (non-hydrogen) atoms. The van der Waals surface area contributed by atoms with Crippen LogP contribution in [0.1, 0.15) is 0 Å². The van der Waals surface area contributed by atoms with Crippen molar-refractivity contribution < 1.29 is 0 Å². The second-order valence-electron chi connectivity index (χ2n) is 3.55. The Bertz CT molecular complexity index is 494. The molecular weight excluding hydrogens is 254 g/mol. The minimum atomic E-state index is 0. The van der Waals surface area contributed by atoms with E-state index in [0.717, 1.165) is 0 Å². The molecule has 0 atom stereocenters. The summed E-state index contributed by atoms with van der Waals surface area (Å²) < 4.78 is 0. The van der Waals surface area contributed by atoms with Crippen molar-refractivity contribution in [3.8, 4) is 0 Å². The molecule has 3 aromatic carbocycles. The fourth-order valence-electron chi connectivity index (χ4n) is 1.88. The maximum Gasteiger partial charge on any atom is 0 e. The van der Waals surface area contributed by atoms with Gasteiger partial charge in [-0.05, 0) is 33.7 Å². The quantitative estimate of drug-likeness (QED) is 0.544. The Labute approximate surface area is 138 Å². The van der Waals surface area contributed by atoms with E-state index in [0.29, 0.717) is 0 Å². The average molecular weight is 264 g/mol. The fourth-order valence-corrected chi connectivity index (χ4v) is 1.88. The van der Waals surface area contributed by atoms with Crippen molar-refractivity contribution >= 4 is 79.7 Å². The van der Waals surface area contributed by atoms with Crippen LogP contribution in [-0.4, -0.2) is 58.2 Å². The zero-order valence-corrected chi connectivity index (χ0v) is 13.7. The average Bonchev–Trinajstić information content (AvgIpc) is 2.26. The molecule has 0 aromatic heterocycles. The summed E-state index contributed by atoms with van der Waals surface area (Å²) in [4.78, 5) is 0. The van der Waals surface area contributed by atoms with E-state index in [1.807, 2.05) is 0 Å². The van der Waals surface area contributed by atoms with E-state index in [-0.39, 0.29) is 58.2 Å². The standard InChI is InChI=1S/C14H10.Rb/c1-2-6-12-10-14-8-4-3-7-13(14)9-11(12)5-1;/h1-10H;. The van der Waals surface area contributed by atoms with Gasteiger partial charge in [-0.25, -0.2) is 0 Å². The van der Waals surface area contributed by atoms with Crippen molar-refractivity contribution in [3.05, 3.63) is 60.7 Å². The Morgan fingerprint density at radius 2 is 0.733 bits per heavy atom. The Morgan fingerprint density at radius 3 is 1.00 bits per heavy atom. The molecule has 0 N–H and O–H groups in total. The summed E-state index contributed by atoms with van der Waals surface area (Å²) in [5.41, 5.74) is 0. The van der Waals surface area contributed by atoms with E-state index in [4.69, 9.17) is 0 Å². The van der Waals surface area contributed by atoms with Gasteiger partial charge in [0.1, 0.15) is 0 Å². The van der Waals surface area contributed by atoms with Crippen molar-refractivity contribution in [2.45, 2.75) is 0 Å². The summed E-state index contributed by atoms with van der Waals surface area (Å²) in [6.45, 7) is 0. The second-order valence-corrected chi connectivity index (χ2v) is 3.55. The zero-order valence-electron chi connectivity index (χ0n) is 8.77. The molecule has 3 aromatic rings. The topological polar surface area (TPSA) is 0 Å². The van der Waals surface area contributed by atoms with Crippen LogP contribution < -0.4 is 0 Å². The molecule has 0 bridgehead atoms. The maximum atomic E-state index is 2.24. The third kappa shape index (κ3) is 2.23. The molecule has 0 saturated carbocycles. The van der Waals surface area contributed by atoms with Crippen LogP contribution in [0.5, 0.6) is 0 Å². The van der Waals surface area contributed by atoms with Gasteiger partial charge in [0.2, 0.25) is 0 Å². The van der Waals surface area contributed by atoms with Crippen molar-refractivity contribution in [1.29, 1.82) is 0 Å². The van der Waals surface area contributed by atoms with Crippen LogP contribution >= 0.6 is 0 Å². The van der Waals surface area contributed by atoms with E-state index in [9.17, 15) is 0 Å². The van der Waals surface area contributed by atoms with Crippen molar-refractivity contribution in [3.63, 3.8) is 0 Å². The molecule has 3 rings (SSSR count). The van der Waals surface area contributed by atoms with Gasteiger partial charge in [-0.2, -0.15) is 0 Å². The molecule has 0 aliphatic heterocycles. The molecule has 0 spiro atoms. The maximum absolute atomic E-state index is 2.24. The summed E-state index contributed by atoms with van der Waals surface area (Å²) in [6.07, 6.45) is 0. The molecule has 67 valence electrons. The third-order valence-corrected chi connectivity index (χ3v) is 2.61. The first-order valence-corrected chi connectivity index (χ1v) is 4.81. The first-order valence-electron chi connectivity index (χ1n) is 4.81. The van der Waals surface area contributed by atoms with Gasteiger partial charge >= 0.3 is 0 Å². The van der Waals surface area contributed by atoms with Crippen molar-refractivity contribution in [2.75, 3.05) is 0 Å². The van der Waals surface area contributed by atoms with Gasteiger partial charge < -0.3 is 0 Å². The smallest absolute Gasteiger partial charge is 0 e. The van der Waals surface area contributed by atoms with Crippen molar-refractivity contribution in [1.82, 2.24) is 0 Å². The molecule has 0 heterocycles. The van der Waals surface area contributed by atoms with Gasteiger partial charge in [0.25, 0.3) is 0 Å². The molecule has 0 fully saturated rings. The van der Waals surface area contributed by atoms with Gasteiger partial charge in [0.05, 0.1) is 0 Å². The van der Waals surface area contributed by atoms with Gasteiger partial charge in [0, 0.05) is 58.2 Å². The van der Waals surface area contributed by atoms with E-state index in [2.05, 4.69) is 60.7 Å². The zero-order chi connectivity index (χ0) is 9.38. The molecule has 0 nitrogen and oxygen atoms in total. The largest absolute Gasteiger partial charge is 0.0616 e. The molecule has 0 saturated heterocycles. The van der Waals surface area contributed by atoms with Gasteiger partial charge in [-0.15, -0.1) is 0 Å². The van der Waals surface area contributed by atoms with Gasteiger partial charge in [-0.3, -0.25) is 0 Å². The fraction of sp³-hybridized carbons (Fsp3) is 0. The Hall–Kier alpha value is -0.0148. The summed E-state index contributed by atoms with van der Waals surface area (Å²) in [5, 5.41) is 5.25. The van der Waals surface area contributed by atoms with E-state index < -0.39 is 0 Å². The molecule has 0 amide bonds. The summed E-state index contributed by atoms with van der Waals surface area (Å²) in [6, 6.07) is 21.4. The SMILES string of the molecule is [Rb].c1ccc2cc3ccccc3cc2c1. The third-order valence-electron chi connectivity index (χ3n) is 2.61. The van der Waals surface area contributed by atoms with Crippen LogP contribution in [0.15, 0.2) is 60.7 Å². The van der Waals surface area contributed by atoms with Gasteiger partial charge in [-0.1, -0.05) is 48.5 Å². The van der Waals surface area contributed by atoms with Crippen LogP contribution in [0.2, 0.25) is 0 Å². The Kier molecular flexibility index (Phi) is 3.73. The van der Waals surface area contributed by atoms with Crippen LogP contribution in [0, 0.1) is 0 Å². The molecule has 1 radical (unpaired) electrons. The van der Waals surface area contributed by atoms with Crippen LogP contribution in [0.3, 0.4) is 0 Å². The summed E-state index contributed by atoms with van der Waals surface area (Å²) >= 11 is 0. The van der Waals surface area contributed by atoms with Crippen LogP contribution in [0.25, 0.3) is 21.5 Å². The normalized spacial score (nSPS) is 10.1. The predicted octanol–water partition coefficient (Wildman–Crippen LogP) is 3.61. The number of fused-ring (bicyclic) bond motifs is 2. The molecule has 0 unspecified atom stereocenters. The van der Waals surface area contributed by atoms with Crippen molar-refractivity contribution in [2.24, 2.45) is 0 Å². The Morgan fingerprint density at radius 1 is 0.467 bits per heavy atom. The first kappa shape index (κ1) is 11.5. The second kappa shape index (κ2) is 4.88. The van der Waals surface area contributed by atoms with E-state index >= 15 is 0 Å². The van der Waals surface area contributed by atoms with E-state index in [1.165, 1.54) is 21.5 Å². The molecule has 1 heteroatoms. The molecule has 0 aliphatic rings. The first-order chi connectivity index (χ1) is 6.93. The summed E-state index contributed by atoms with van der Waals surface area (Å²) in [5.74, 6) is 0. The van der Waals surface area contributed by atoms with Gasteiger partial charge in [0.15, 0.2) is 0 Å². The monoisotopic (exact) mass is 263 g/mol.